The largest absolute Gasteiger partial charge is 0.567 e. The molecule has 4 heterocycles. The van der Waals surface area contributed by atoms with Crippen LogP contribution in [-0.4, -0.2) is 93.6 Å². The van der Waals surface area contributed by atoms with E-state index in [9.17, 15) is 15.3 Å². The van der Waals surface area contributed by atoms with Gasteiger partial charge < -0.3 is 25.0 Å². The average Bonchev–Trinajstić information content (AvgIpc) is 3.30. The minimum Gasteiger partial charge on any atom is -0.390 e. The number of anilines is 1. The lowest BCUT2D eigenvalue weighted by Crippen LogP contribution is -2.26. The maximum atomic E-state index is 10.1. The maximum absolute atomic E-state index is 10.1. The standard InChI is InChI=1S/C14H21N5O8P/c20-7-1-11(27-10(7)4-26-28(23,24)25)19-6-17-12-13(15-5-16-14(12)19)18-2-8(21)9(22)3-18/h5-11,20-25H,1-4H2/q+1/t7-,8+,9+,10+,11+/m0/s1. The zero-order valence-electron chi connectivity index (χ0n) is 14.6. The fourth-order valence-corrected chi connectivity index (χ4v) is 3.78. The third kappa shape index (κ3) is 3.81. The molecule has 2 fully saturated rings. The van der Waals surface area contributed by atoms with Gasteiger partial charge >= 0.3 is 8.17 Å². The molecule has 13 nitrogen and oxygen atoms in total. The van der Waals surface area contributed by atoms with E-state index in [1.54, 1.807) is 9.47 Å². The quantitative estimate of drug-likeness (QED) is 0.285. The average molecular weight is 418 g/mol. The summed E-state index contributed by atoms with van der Waals surface area (Å²) in [5.74, 6) is 0.466. The van der Waals surface area contributed by atoms with E-state index in [4.69, 9.17) is 19.4 Å². The Kier molecular flexibility index (Phi) is 5.20. The van der Waals surface area contributed by atoms with Crippen LogP contribution >= 0.6 is 8.17 Å². The van der Waals surface area contributed by atoms with Crippen LogP contribution < -0.4 is 4.90 Å². The van der Waals surface area contributed by atoms with Crippen LogP contribution in [0.15, 0.2) is 12.7 Å². The normalized spacial score (nSPS) is 31.2. The van der Waals surface area contributed by atoms with E-state index in [-0.39, 0.29) is 19.5 Å². The molecule has 14 heteroatoms. The van der Waals surface area contributed by atoms with Gasteiger partial charge in [-0.3, -0.25) is 4.57 Å². The molecule has 28 heavy (non-hydrogen) atoms. The molecule has 0 amide bonds. The smallest absolute Gasteiger partial charge is 0.390 e. The minimum absolute atomic E-state index is 0.174. The van der Waals surface area contributed by atoms with Gasteiger partial charge in [0.2, 0.25) is 0 Å². The van der Waals surface area contributed by atoms with Crippen molar-refractivity contribution < 1.29 is 39.3 Å². The second-order valence-corrected chi connectivity index (χ2v) is 8.09. The van der Waals surface area contributed by atoms with Crippen LogP contribution in [-0.2, 0) is 9.26 Å². The lowest BCUT2D eigenvalue weighted by atomic mass is 10.2. The molecule has 2 aliphatic heterocycles. The molecule has 0 spiro atoms. The highest BCUT2D eigenvalue weighted by Crippen LogP contribution is 2.46. The Bertz CT molecular complexity index is 837. The van der Waals surface area contributed by atoms with E-state index >= 15 is 0 Å². The Morgan fingerprint density at radius 3 is 2.46 bits per heavy atom. The second kappa shape index (κ2) is 7.37. The van der Waals surface area contributed by atoms with E-state index in [2.05, 4.69) is 19.5 Å². The lowest BCUT2D eigenvalue weighted by Gasteiger charge is -2.17. The van der Waals surface area contributed by atoms with Crippen LogP contribution in [0, 0.1) is 0 Å². The molecule has 2 saturated heterocycles. The van der Waals surface area contributed by atoms with E-state index in [0.717, 1.165) is 0 Å². The Morgan fingerprint density at radius 1 is 1.07 bits per heavy atom. The van der Waals surface area contributed by atoms with Gasteiger partial charge in [-0.1, -0.05) is 0 Å². The number of nitrogens with zero attached hydrogens (tertiary/aromatic N) is 5. The molecule has 0 aromatic carbocycles. The fourth-order valence-electron chi connectivity index (χ4n) is 3.43. The maximum Gasteiger partial charge on any atom is 0.567 e. The Morgan fingerprint density at radius 2 is 1.79 bits per heavy atom. The van der Waals surface area contributed by atoms with Crippen LogP contribution in [0.3, 0.4) is 0 Å². The molecule has 2 aromatic rings. The molecule has 0 aliphatic carbocycles. The Hall–Kier alpha value is -1.54. The van der Waals surface area contributed by atoms with Gasteiger partial charge in [0.15, 0.2) is 17.0 Å². The molecule has 0 saturated carbocycles. The van der Waals surface area contributed by atoms with Crippen molar-refractivity contribution >= 4 is 25.2 Å². The Labute approximate surface area is 159 Å². The van der Waals surface area contributed by atoms with Crippen molar-refractivity contribution in [3.05, 3.63) is 12.7 Å². The van der Waals surface area contributed by atoms with Crippen molar-refractivity contribution in [1.82, 2.24) is 19.5 Å². The SMILES string of the molecule is O[C@@H]1CN(c2ncnc3c2ncn3[C@H]2C[C@H](O)[C@@H](CO[P+](O)(O)O)O2)C[C@H]1O. The molecule has 0 unspecified atom stereocenters. The zero-order chi connectivity index (χ0) is 20.1. The van der Waals surface area contributed by atoms with E-state index in [0.29, 0.717) is 17.0 Å². The molecule has 2 aliphatic rings. The van der Waals surface area contributed by atoms with Gasteiger partial charge in [-0.05, 0) is 0 Å². The number of hydrogen-bond acceptors (Lipinski definition) is 12. The number of fused-ring (bicyclic) bond motifs is 1. The summed E-state index contributed by atoms with van der Waals surface area (Å²) in [5.41, 5.74) is 0.889. The first-order valence-corrected chi connectivity index (χ1v) is 10.1. The first kappa shape index (κ1) is 19.8. The minimum atomic E-state index is -4.42. The predicted molar refractivity (Wildman–Crippen MR) is 93.6 cm³/mol. The number of aliphatic hydroxyl groups is 3. The summed E-state index contributed by atoms with van der Waals surface area (Å²) < 4.78 is 11.8. The summed E-state index contributed by atoms with van der Waals surface area (Å²) in [5, 5.41) is 29.7. The molecule has 154 valence electrons. The zero-order valence-corrected chi connectivity index (χ0v) is 15.4. The van der Waals surface area contributed by atoms with Crippen LogP contribution in [0.4, 0.5) is 5.82 Å². The number of β-amino-alcohol motifs (C(OH)–C–C–N with tert-alkyl or cyclic N) is 2. The predicted octanol–water partition coefficient (Wildman–Crippen LogP) is -2.31. The molecular formula is C14H21N5O8P+. The summed E-state index contributed by atoms with van der Waals surface area (Å²) in [6, 6.07) is 0. The second-order valence-electron chi connectivity index (χ2n) is 6.80. The first-order valence-electron chi connectivity index (χ1n) is 8.57. The summed E-state index contributed by atoms with van der Waals surface area (Å²) in [6.07, 6.45) is -1.24. The molecular weight excluding hydrogens is 397 g/mol. The van der Waals surface area contributed by atoms with Crippen LogP contribution in [0.2, 0.25) is 0 Å². The summed E-state index contributed by atoms with van der Waals surface area (Å²) in [7, 11) is -4.42. The van der Waals surface area contributed by atoms with Crippen molar-refractivity contribution in [3.63, 3.8) is 0 Å². The van der Waals surface area contributed by atoms with Crippen LogP contribution in [0.5, 0.6) is 0 Å². The van der Waals surface area contributed by atoms with Crippen molar-refractivity contribution in [2.75, 3.05) is 24.6 Å². The number of aliphatic hydroxyl groups excluding tert-OH is 3. The fraction of sp³-hybridized carbons (Fsp3) is 0.643. The molecule has 4 rings (SSSR count). The highest BCUT2D eigenvalue weighted by Gasteiger charge is 2.41. The molecule has 5 atom stereocenters. The third-order valence-corrected chi connectivity index (χ3v) is 5.32. The molecule has 2 aromatic heterocycles. The number of ether oxygens (including phenoxy) is 1. The summed E-state index contributed by atoms with van der Waals surface area (Å²) >= 11 is 0. The van der Waals surface area contributed by atoms with Crippen LogP contribution in [0.1, 0.15) is 12.6 Å². The third-order valence-electron chi connectivity index (χ3n) is 4.82. The number of imidazole rings is 1. The van der Waals surface area contributed by atoms with Gasteiger partial charge in [-0.25, -0.2) is 15.0 Å². The van der Waals surface area contributed by atoms with E-state index in [1.165, 1.54) is 12.7 Å². The highest BCUT2D eigenvalue weighted by atomic mass is 31.2. The van der Waals surface area contributed by atoms with Gasteiger partial charge in [0.25, 0.3) is 0 Å². The van der Waals surface area contributed by atoms with E-state index < -0.39 is 45.4 Å². The topological polar surface area (TPSA) is 187 Å². The number of aromatic nitrogens is 4. The van der Waals surface area contributed by atoms with Gasteiger partial charge in [-0.2, -0.15) is 19.2 Å². The van der Waals surface area contributed by atoms with Gasteiger partial charge in [-0.15, -0.1) is 0 Å². The van der Waals surface area contributed by atoms with Crippen LogP contribution in [0.25, 0.3) is 11.2 Å². The number of rotatable bonds is 5. The number of hydrogen-bond donors (Lipinski definition) is 6. The van der Waals surface area contributed by atoms with Gasteiger partial charge in [0.05, 0.1) is 24.6 Å². The lowest BCUT2D eigenvalue weighted by molar-refractivity contribution is -0.0451. The van der Waals surface area contributed by atoms with Crippen molar-refractivity contribution in [3.8, 4) is 0 Å². The Balaban J connectivity index is 1.55. The van der Waals surface area contributed by atoms with Crippen molar-refractivity contribution in [1.29, 1.82) is 0 Å². The van der Waals surface area contributed by atoms with Crippen molar-refractivity contribution in [2.45, 2.75) is 37.1 Å². The first-order chi connectivity index (χ1) is 13.2. The van der Waals surface area contributed by atoms with Gasteiger partial charge in [0.1, 0.15) is 25.3 Å². The molecule has 0 bridgehead atoms. The summed E-state index contributed by atoms with van der Waals surface area (Å²) in [4.78, 5) is 41.2. The highest BCUT2D eigenvalue weighted by molar-refractivity contribution is 7.53. The van der Waals surface area contributed by atoms with E-state index in [1.807, 2.05) is 0 Å². The molecule has 6 N–H and O–H groups in total. The van der Waals surface area contributed by atoms with Gasteiger partial charge in [0, 0.05) is 19.5 Å². The summed E-state index contributed by atoms with van der Waals surface area (Å²) in [6.45, 7) is 0.0322. The molecule has 0 radical (unpaired) electrons. The van der Waals surface area contributed by atoms with Crippen molar-refractivity contribution in [2.24, 2.45) is 0 Å². The monoisotopic (exact) mass is 418 g/mol.